The molecule has 1 aromatic rings. The summed E-state index contributed by atoms with van der Waals surface area (Å²) in [5.41, 5.74) is 0.970. The normalized spacial score (nSPS) is 26.2. The summed E-state index contributed by atoms with van der Waals surface area (Å²) in [5, 5.41) is 0. The van der Waals surface area contributed by atoms with Gasteiger partial charge in [0.15, 0.2) is 11.6 Å². The van der Waals surface area contributed by atoms with E-state index in [1.54, 1.807) is 12.1 Å². The number of hydrogen-bond acceptors (Lipinski definition) is 4. The number of benzene rings is 1. The molecule has 0 aromatic heterocycles. The molecule has 2 fully saturated rings. The van der Waals surface area contributed by atoms with Crippen molar-refractivity contribution in [1.29, 1.82) is 0 Å². The van der Waals surface area contributed by atoms with Gasteiger partial charge in [-0.1, -0.05) is 6.07 Å². The molecule has 5 heteroatoms. The van der Waals surface area contributed by atoms with Crippen molar-refractivity contribution in [1.82, 2.24) is 4.90 Å². The van der Waals surface area contributed by atoms with Crippen molar-refractivity contribution in [2.24, 2.45) is 0 Å². The Morgan fingerprint density at radius 2 is 2.09 bits per heavy atom. The molecule has 2 atom stereocenters. The van der Waals surface area contributed by atoms with Gasteiger partial charge in [-0.05, 0) is 43.4 Å². The molecular weight excluding hydrogens is 297 g/mol. The topological polar surface area (TPSA) is 30.9 Å². The van der Waals surface area contributed by atoms with Gasteiger partial charge in [-0.15, -0.1) is 0 Å². The van der Waals surface area contributed by atoms with Crippen LogP contribution in [0.15, 0.2) is 18.2 Å². The molecule has 0 amide bonds. The summed E-state index contributed by atoms with van der Waals surface area (Å²) >= 11 is 0. The second kappa shape index (κ2) is 8.08. The Morgan fingerprint density at radius 1 is 1.22 bits per heavy atom. The third-order valence-electron chi connectivity index (χ3n) is 4.65. The Hall–Kier alpha value is -1.17. The van der Waals surface area contributed by atoms with E-state index in [2.05, 4.69) is 4.90 Å². The molecule has 2 heterocycles. The van der Waals surface area contributed by atoms with Crippen LogP contribution in [-0.2, 0) is 15.9 Å². The van der Waals surface area contributed by atoms with Gasteiger partial charge in [0.25, 0.3) is 0 Å². The van der Waals surface area contributed by atoms with E-state index in [4.69, 9.17) is 14.2 Å². The first-order valence-electron chi connectivity index (χ1n) is 8.52. The van der Waals surface area contributed by atoms with Crippen LogP contribution in [0.3, 0.4) is 0 Å². The summed E-state index contributed by atoms with van der Waals surface area (Å²) in [6, 6.07) is 5.17. The quantitative estimate of drug-likeness (QED) is 0.833. The van der Waals surface area contributed by atoms with E-state index in [1.165, 1.54) is 7.11 Å². The predicted molar refractivity (Wildman–Crippen MR) is 86.4 cm³/mol. The van der Waals surface area contributed by atoms with Crippen molar-refractivity contribution in [3.63, 3.8) is 0 Å². The molecule has 1 aromatic carbocycles. The second-order valence-corrected chi connectivity index (χ2v) is 6.40. The van der Waals surface area contributed by atoms with Crippen LogP contribution >= 0.6 is 0 Å². The molecule has 128 valence electrons. The highest BCUT2D eigenvalue weighted by Crippen LogP contribution is 2.25. The lowest BCUT2D eigenvalue weighted by Crippen LogP contribution is -2.34. The van der Waals surface area contributed by atoms with E-state index >= 15 is 0 Å². The van der Waals surface area contributed by atoms with Crippen LogP contribution in [0.4, 0.5) is 4.39 Å². The molecule has 0 saturated carbocycles. The van der Waals surface area contributed by atoms with E-state index in [9.17, 15) is 4.39 Å². The van der Waals surface area contributed by atoms with Crippen LogP contribution < -0.4 is 4.74 Å². The summed E-state index contributed by atoms with van der Waals surface area (Å²) in [7, 11) is 1.48. The molecule has 4 nitrogen and oxygen atoms in total. The van der Waals surface area contributed by atoms with Crippen LogP contribution in [0.1, 0.15) is 24.8 Å². The summed E-state index contributed by atoms with van der Waals surface area (Å²) in [4.78, 5) is 2.44. The van der Waals surface area contributed by atoms with Crippen LogP contribution in [0.5, 0.6) is 5.75 Å². The largest absolute Gasteiger partial charge is 0.494 e. The molecule has 0 radical (unpaired) electrons. The summed E-state index contributed by atoms with van der Waals surface area (Å²) in [6.07, 6.45) is 4.47. The Morgan fingerprint density at radius 3 is 2.91 bits per heavy atom. The molecule has 3 rings (SSSR count). The molecule has 0 unspecified atom stereocenters. The van der Waals surface area contributed by atoms with Gasteiger partial charge in [-0.25, -0.2) is 4.39 Å². The molecule has 2 aliphatic rings. The molecule has 23 heavy (non-hydrogen) atoms. The van der Waals surface area contributed by atoms with E-state index in [1.807, 2.05) is 6.07 Å². The first-order chi connectivity index (χ1) is 11.2. The smallest absolute Gasteiger partial charge is 0.165 e. The highest BCUT2D eigenvalue weighted by molar-refractivity contribution is 5.29. The fourth-order valence-electron chi connectivity index (χ4n) is 3.43. The summed E-state index contributed by atoms with van der Waals surface area (Å²) < 4.78 is 30.4. The minimum absolute atomic E-state index is 0.191. The molecule has 0 N–H and O–H groups in total. The van der Waals surface area contributed by atoms with Gasteiger partial charge in [0.05, 0.1) is 25.9 Å². The molecule has 2 saturated heterocycles. The zero-order valence-corrected chi connectivity index (χ0v) is 13.8. The van der Waals surface area contributed by atoms with Crippen molar-refractivity contribution < 1.29 is 18.6 Å². The van der Waals surface area contributed by atoms with E-state index < -0.39 is 0 Å². The maximum absolute atomic E-state index is 13.8. The Labute approximate surface area is 137 Å². The number of methoxy groups -OCH3 is 1. The number of halogens is 1. The van der Waals surface area contributed by atoms with Crippen LogP contribution in [0.2, 0.25) is 0 Å². The average Bonchev–Trinajstić information content (AvgIpc) is 2.81. The maximum atomic E-state index is 13.8. The van der Waals surface area contributed by atoms with Gasteiger partial charge >= 0.3 is 0 Å². The fourth-order valence-corrected chi connectivity index (χ4v) is 3.43. The Kier molecular flexibility index (Phi) is 5.86. The minimum atomic E-state index is -0.302. The zero-order valence-electron chi connectivity index (χ0n) is 13.8. The lowest BCUT2D eigenvalue weighted by molar-refractivity contribution is 0.0228. The lowest BCUT2D eigenvalue weighted by atomic mass is 10.0. The molecule has 0 aliphatic carbocycles. The third-order valence-corrected chi connectivity index (χ3v) is 4.65. The zero-order chi connectivity index (χ0) is 16.1. The first kappa shape index (κ1) is 16.7. The standard InChI is InChI=1S/C18H26FNO3/c1-21-18-6-3-14(12-17(18)19)11-15-4-5-16(23-15)13-20-7-2-9-22-10-8-20/h3,6,12,15-16H,2,4-5,7-11,13H2,1H3/t15-,16+/m0/s1. The molecule has 0 bridgehead atoms. The Bertz CT molecular complexity index is 503. The van der Waals surface area contributed by atoms with Crippen molar-refractivity contribution in [2.45, 2.75) is 37.9 Å². The van der Waals surface area contributed by atoms with Gasteiger partial charge in [0.1, 0.15) is 0 Å². The van der Waals surface area contributed by atoms with Gasteiger partial charge in [0.2, 0.25) is 0 Å². The number of hydrogen-bond donors (Lipinski definition) is 0. The van der Waals surface area contributed by atoms with Gasteiger partial charge in [-0.3, -0.25) is 4.90 Å². The van der Waals surface area contributed by atoms with Crippen molar-refractivity contribution in [2.75, 3.05) is 40.0 Å². The SMILES string of the molecule is COc1ccc(C[C@@H]2CC[C@H](CN3CCCOCC3)O2)cc1F. The van der Waals surface area contributed by atoms with Crippen LogP contribution in [0, 0.1) is 5.82 Å². The van der Waals surface area contributed by atoms with E-state index in [-0.39, 0.29) is 11.9 Å². The van der Waals surface area contributed by atoms with E-state index in [0.717, 1.165) is 64.1 Å². The average molecular weight is 323 g/mol. The first-order valence-corrected chi connectivity index (χ1v) is 8.52. The molecule has 0 spiro atoms. The fraction of sp³-hybridized carbons (Fsp3) is 0.667. The molecular formula is C18H26FNO3. The van der Waals surface area contributed by atoms with Gasteiger partial charge in [-0.2, -0.15) is 0 Å². The minimum Gasteiger partial charge on any atom is -0.494 e. The monoisotopic (exact) mass is 323 g/mol. The van der Waals surface area contributed by atoms with Crippen LogP contribution in [0.25, 0.3) is 0 Å². The third kappa shape index (κ3) is 4.66. The Balaban J connectivity index is 1.48. The van der Waals surface area contributed by atoms with Gasteiger partial charge < -0.3 is 14.2 Å². The number of nitrogens with zero attached hydrogens (tertiary/aromatic N) is 1. The lowest BCUT2D eigenvalue weighted by Gasteiger charge is -2.23. The highest BCUT2D eigenvalue weighted by atomic mass is 19.1. The molecule has 2 aliphatic heterocycles. The van der Waals surface area contributed by atoms with E-state index in [0.29, 0.717) is 11.9 Å². The second-order valence-electron chi connectivity index (χ2n) is 6.40. The number of ether oxygens (including phenoxy) is 3. The van der Waals surface area contributed by atoms with Crippen molar-refractivity contribution >= 4 is 0 Å². The van der Waals surface area contributed by atoms with Crippen molar-refractivity contribution in [3.05, 3.63) is 29.6 Å². The van der Waals surface area contributed by atoms with Crippen LogP contribution in [-0.4, -0.2) is 57.1 Å². The number of rotatable bonds is 5. The van der Waals surface area contributed by atoms with Crippen molar-refractivity contribution in [3.8, 4) is 5.75 Å². The van der Waals surface area contributed by atoms with Gasteiger partial charge in [0, 0.05) is 26.2 Å². The summed E-state index contributed by atoms with van der Waals surface area (Å²) in [6.45, 7) is 4.76. The highest BCUT2D eigenvalue weighted by Gasteiger charge is 2.27. The summed E-state index contributed by atoms with van der Waals surface area (Å²) in [5.74, 6) is -0.00790. The predicted octanol–water partition coefficient (Wildman–Crippen LogP) is 2.65. The maximum Gasteiger partial charge on any atom is 0.165 e.